The molecule has 0 aliphatic carbocycles. The number of allylic oxidation sites excluding steroid dienone is 1. The number of ether oxygens (including phenoxy) is 2. The van der Waals surface area contributed by atoms with Gasteiger partial charge < -0.3 is 9.47 Å². The molecule has 1 atom stereocenters. The lowest BCUT2D eigenvalue weighted by molar-refractivity contribution is 0.0821. The van der Waals surface area contributed by atoms with Crippen molar-refractivity contribution in [1.82, 2.24) is 14.8 Å². The molecule has 1 aliphatic heterocycles. The molecule has 0 saturated carbocycles. The maximum Gasteiger partial charge on any atom is 0.192 e. The molecule has 2 heterocycles. The molecule has 27 heavy (non-hydrogen) atoms. The number of rotatable bonds is 6. The summed E-state index contributed by atoms with van der Waals surface area (Å²) in [4.78, 5) is 0. The van der Waals surface area contributed by atoms with E-state index in [1.54, 1.807) is 18.2 Å². The van der Waals surface area contributed by atoms with Crippen molar-refractivity contribution in [3.05, 3.63) is 78.4 Å². The van der Waals surface area contributed by atoms with E-state index in [2.05, 4.69) is 16.8 Å². The third-order valence-electron chi connectivity index (χ3n) is 4.17. The zero-order chi connectivity index (χ0) is 18.6. The molecule has 0 bridgehead atoms. The van der Waals surface area contributed by atoms with Crippen molar-refractivity contribution in [3.63, 3.8) is 0 Å². The first kappa shape index (κ1) is 17.6. The van der Waals surface area contributed by atoms with Crippen LogP contribution in [-0.2, 0) is 12.3 Å². The molecule has 0 amide bonds. The minimum absolute atomic E-state index is 0.222. The molecule has 7 heteroatoms. The lowest BCUT2D eigenvalue weighted by Crippen LogP contribution is -2.25. The molecule has 0 N–H and O–H groups in total. The van der Waals surface area contributed by atoms with Gasteiger partial charge in [-0.2, -0.15) is 0 Å². The van der Waals surface area contributed by atoms with Crippen molar-refractivity contribution in [1.29, 1.82) is 0 Å². The molecule has 0 spiro atoms. The van der Waals surface area contributed by atoms with E-state index in [9.17, 15) is 4.39 Å². The number of benzene rings is 2. The summed E-state index contributed by atoms with van der Waals surface area (Å²) in [7, 11) is 0. The first-order valence-electron chi connectivity index (χ1n) is 8.55. The van der Waals surface area contributed by atoms with E-state index in [1.165, 1.54) is 17.8 Å². The quantitative estimate of drug-likeness (QED) is 0.466. The highest BCUT2D eigenvalue weighted by atomic mass is 32.2. The Bertz CT molecular complexity index is 960. The number of aromatic nitrogens is 3. The van der Waals surface area contributed by atoms with Gasteiger partial charge in [-0.3, -0.25) is 4.57 Å². The number of para-hydroxylation sites is 2. The fourth-order valence-corrected chi connectivity index (χ4v) is 3.79. The standard InChI is InChI=1S/C20H18FN3O2S/c1-2-11-24-19(18-12-25-16-9-5-6-10-17(16)26-18)22-23-20(24)27-13-14-7-3-4-8-15(14)21/h2-10,18H,1,11-13H2/t18-/m1/s1. The van der Waals surface area contributed by atoms with E-state index >= 15 is 0 Å². The van der Waals surface area contributed by atoms with Gasteiger partial charge in [-0.05, 0) is 23.8 Å². The summed E-state index contributed by atoms with van der Waals surface area (Å²) in [5.41, 5.74) is 0.628. The van der Waals surface area contributed by atoms with Gasteiger partial charge in [-0.15, -0.1) is 16.8 Å². The summed E-state index contributed by atoms with van der Waals surface area (Å²) in [6.45, 7) is 4.70. The Hall–Kier alpha value is -2.80. The number of thioether (sulfide) groups is 1. The summed E-state index contributed by atoms with van der Waals surface area (Å²) in [6, 6.07) is 14.3. The van der Waals surface area contributed by atoms with Crippen LogP contribution in [0.5, 0.6) is 11.5 Å². The van der Waals surface area contributed by atoms with Gasteiger partial charge >= 0.3 is 0 Å². The summed E-state index contributed by atoms with van der Waals surface area (Å²) < 4.78 is 27.6. The van der Waals surface area contributed by atoms with Gasteiger partial charge in [0.2, 0.25) is 0 Å². The molecule has 1 aliphatic rings. The van der Waals surface area contributed by atoms with Crippen LogP contribution in [0, 0.1) is 5.82 Å². The van der Waals surface area contributed by atoms with Crippen LogP contribution in [0.1, 0.15) is 17.5 Å². The van der Waals surface area contributed by atoms with Gasteiger partial charge in [-0.1, -0.05) is 48.2 Å². The Labute approximate surface area is 160 Å². The van der Waals surface area contributed by atoms with Crippen LogP contribution in [-0.4, -0.2) is 21.4 Å². The predicted octanol–water partition coefficient (Wildman–Crippen LogP) is 4.41. The second kappa shape index (κ2) is 7.84. The molecule has 1 aromatic heterocycles. The average molecular weight is 383 g/mol. The Morgan fingerprint density at radius 2 is 1.93 bits per heavy atom. The third kappa shape index (κ3) is 3.68. The smallest absolute Gasteiger partial charge is 0.192 e. The zero-order valence-corrected chi connectivity index (χ0v) is 15.4. The van der Waals surface area contributed by atoms with Crippen molar-refractivity contribution >= 4 is 11.8 Å². The Kier molecular flexibility index (Phi) is 5.11. The molecule has 0 saturated heterocycles. The van der Waals surface area contributed by atoms with E-state index in [4.69, 9.17) is 9.47 Å². The van der Waals surface area contributed by atoms with E-state index in [0.29, 0.717) is 41.2 Å². The summed E-state index contributed by atoms with van der Waals surface area (Å²) >= 11 is 1.43. The van der Waals surface area contributed by atoms with Gasteiger partial charge in [0.1, 0.15) is 12.4 Å². The van der Waals surface area contributed by atoms with Crippen LogP contribution in [0.3, 0.4) is 0 Å². The molecule has 0 unspecified atom stereocenters. The van der Waals surface area contributed by atoms with Crippen LogP contribution in [0.4, 0.5) is 4.39 Å². The van der Waals surface area contributed by atoms with Gasteiger partial charge in [0.05, 0.1) is 0 Å². The number of halogens is 1. The van der Waals surface area contributed by atoms with E-state index in [1.807, 2.05) is 34.9 Å². The van der Waals surface area contributed by atoms with Crippen molar-refractivity contribution in [2.75, 3.05) is 6.61 Å². The van der Waals surface area contributed by atoms with Crippen LogP contribution >= 0.6 is 11.8 Å². The summed E-state index contributed by atoms with van der Waals surface area (Å²) in [5.74, 6) is 2.31. The van der Waals surface area contributed by atoms with Gasteiger partial charge in [0.25, 0.3) is 0 Å². The first-order chi connectivity index (χ1) is 13.3. The molecule has 3 aromatic rings. The summed E-state index contributed by atoms with van der Waals surface area (Å²) in [6.07, 6.45) is 1.41. The lowest BCUT2D eigenvalue weighted by atomic mass is 10.2. The maximum atomic E-state index is 13.9. The van der Waals surface area contributed by atoms with E-state index < -0.39 is 0 Å². The van der Waals surface area contributed by atoms with Crippen LogP contribution in [0.25, 0.3) is 0 Å². The Balaban J connectivity index is 1.56. The largest absolute Gasteiger partial charge is 0.485 e. The van der Waals surface area contributed by atoms with E-state index in [-0.39, 0.29) is 11.9 Å². The normalized spacial score (nSPS) is 15.5. The van der Waals surface area contributed by atoms with Crippen LogP contribution in [0.15, 0.2) is 66.3 Å². The molecular weight excluding hydrogens is 365 g/mol. The van der Waals surface area contributed by atoms with Gasteiger partial charge in [-0.25, -0.2) is 4.39 Å². The molecule has 138 valence electrons. The number of nitrogens with zero attached hydrogens (tertiary/aromatic N) is 3. The van der Waals surface area contributed by atoms with Gasteiger partial charge in [0, 0.05) is 12.3 Å². The molecule has 5 nitrogen and oxygen atoms in total. The monoisotopic (exact) mass is 383 g/mol. The predicted molar refractivity (Wildman–Crippen MR) is 101 cm³/mol. The zero-order valence-electron chi connectivity index (χ0n) is 14.5. The average Bonchev–Trinajstić information content (AvgIpc) is 3.10. The first-order valence-corrected chi connectivity index (χ1v) is 9.53. The SMILES string of the molecule is C=CCn1c(SCc2ccccc2F)nnc1[C@H]1COc2ccccc2O1. The minimum Gasteiger partial charge on any atom is -0.485 e. The van der Waals surface area contributed by atoms with Crippen molar-refractivity contribution < 1.29 is 13.9 Å². The fraction of sp³-hybridized carbons (Fsp3) is 0.200. The summed E-state index contributed by atoms with van der Waals surface area (Å²) in [5, 5.41) is 9.28. The fourth-order valence-electron chi connectivity index (χ4n) is 2.85. The number of hydrogen-bond acceptors (Lipinski definition) is 5. The highest BCUT2D eigenvalue weighted by Crippen LogP contribution is 2.36. The Morgan fingerprint density at radius 1 is 1.15 bits per heavy atom. The molecule has 0 radical (unpaired) electrons. The second-order valence-electron chi connectivity index (χ2n) is 5.98. The molecule has 2 aromatic carbocycles. The molecular formula is C20H18FN3O2S. The van der Waals surface area contributed by atoms with Crippen LogP contribution in [0.2, 0.25) is 0 Å². The molecule has 0 fully saturated rings. The Morgan fingerprint density at radius 3 is 2.74 bits per heavy atom. The third-order valence-corrected chi connectivity index (χ3v) is 5.18. The maximum absolute atomic E-state index is 13.9. The molecule has 4 rings (SSSR count). The second-order valence-corrected chi connectivity index (χ2v) is 6.93. The minimum atomic E-state index is -0.366. The number of fused-ring (bicyclic) bond motifs is 1. The lowest BCUT2D eigenvalue weighted by Gasteiger charge is -2.26. The highest BCUT2D eigenvalue weighted by molar-refractivity contribution is 7.98. The van der Waals surface area contributed by atoms with Crippen molar-refractivity contribution in [3.8, 4) is 11.5 Å². The van der Waals surface area contributed by atoms with E-state index in [0.717, 1.165) is 5.75 Å². The topological polar surface area (TPSA) is 49.2 Å². The van der Waals surface area contributed by atoms with Gasteiger partial charge in [0.15, 0.2) is 28.6 Å². The van der Waals surface area contributed by atoms with Crippen molar-refractivity contribution in [2.45, 2.75) is 23.6 Å². The van der Waals surface area contributed by atoms with Crippen molar-refractivity contribution in [2.24, 2.45) is 0 Å². The number of hydrogen-bond donors (Lipinski definition) is 0. The highest BCUT2D eigenvalue weighted by Gasteiger charge is 2.28. The van der Waals surface area contributed by atoms with Crippen LogP contribution < -0.4 is 9.47 Å².